The Morgan fingerprint density at radius 3 is 2.62 bits per heavy atom. The number of imidazole rings is 1. The molecule has 130 valence electrons. The van der Waals surface area contributed by atoms with Crippen LogP contribution in [0.25, 0.3) is 0 Å². The maximum Gasteiger partial charge on any atom is 0.373 e. The minimum Gasteiger partial charge on any atom is -0.463 e. The van der Waals surface area contributed by atoms with Gasteiger partial charge in [-0.3, -0.25) is 9.80 Å². The Bertz CT molecular complexity index is 679. The highest BCUT2D eigenvalue weighted by atomic mass is 16.5. The lowest BCUT2D eigenvalue weighted by molar-refractivity contribution is 0.0561. The summed E-state index contributed by atoms with van der Waals surface area (Å²) in [4.78, 5) is 20.6. The fraction of sp³-hybridized carbons (Fsp3) is 0.529. The van der Waals surface area contributed by atoms with Crippen LogP contribution < -0.4 is 0 Å². The molecule has 0 saturated carbocycles. The van der Waals surface area contributed by atoms with E-state index < -0.39 is 5.97 Å². The van der Waals surface area contributed by atoms with Crippen molar-refractivity contribution in [3.63, 3.8) is 0 Å². The number of aromatic nitrogens is 2. The molecule has 3 rings (SSSR count). The van der Waals surface area contributed by atoms with Crippen LogP contribution >= 0.6 is 0 Å². The van der Waals surface area contributed by atoms with Crippen LogP contribution in [0.4, 0.5) is 0 Å². The van der Waals surface area contributed by atoms with E-state index in [9.17, 15) is 4.79 Å². The van der Waals surface area contributed by atoms with Crippen LogP contribution in [-0.2, 0) is 24.9 Å². The summed E-state index contributed by atoms with van der Waals surface area (Å²) in [6.07, 6.45) is 4.93. The van der Waals surface area contributed by atoms with E-state index in [2.05, 4.69) is 24.1 Å². The zero-order valence-electron chi connectivity index (χ0n) is 14.3. The normalized spacial score (nSPS) is 16.9. The number of carbonyl (C=O) groups excluding carboxylic acids is 1. The first kappa shape index (κ1) is 16.7. The molecule has 0 N–H and O–H groups in total. The molecule has 1 aliphatic rings. The zero-order chi connectivity index (χ0) is 16.9. The van der Waals surface area contributed by atoms with E-state index in [1.807, 2.05) is 25.5 Å². The summed E-state index contributed by atoms with van der Waals surface area (Å²) in [5.74, 6) is 1.72. The Morgan fingerprint density at radius 1 is 1.21 bits per heavy atom. The molecule has 0 spiro atoms. The first-order chi connectivity index (χ1) is 11.7. The van der Waals surface area contributed by atoms with Gasteiger partial charge in [0.05, 0.1) is 20.2 Å². The molecule has 24 heavy (non-hydrogen) atoms. The van der Waals surface area contributed by atoms with Gasteiger partial charge in [0, 0.05) is 32.5 Å². The topological polar surface area (TPSA) is 63.7 Å². The van der Waals surface area contributed by atoms with Gasteiger partial charge in [-0.1, -0.05) is 0 Å². The largest absolute Gasteiger partial charge is 0.463 e. The van der Waals surface area contributed by atoms with Crippen molar-refractivity contribution < 1.29 is 13.9 Å². The minimum absolute atomic E-state index is 0.263. The van der Waals surface area contributed by atoms with E-state index in [-0.39, 0.29) is 5.76 Å². The molecule has 7 nitrogen and oxygen atoms in total. The van der Waals surface area contributed by atoms with E-state index >= 15 is 0 Å². The minimum atomic E-state index is -0.432. The van der Waals surface area contributed by atoms with Crippen LogP contribution in [0.1, 0.15) is 28.6 Å². The monoisotopic (exact) mass is 332 g/mol. The fourth-order valence-corrected chi connectivity index (χ4v) is 2.98. The number of rotatable bonds is 5. The average Bonchev–Trinajstić information content (AvgIpc) is 3.14. The van der Waals surface area contributed by atoms with Crippen LogP contribution in [-0.4, -0.2) is 58.6 Å². The molecule has 2 aromatic heterocycles. The van der Waals surface area contributed by atoms with Crippen LogP contribution in [0.3, 0.4) is 0 Å². The van der Waals surface area contributed by atoms with Gasteiger partial charge in [-0.25, -0.2) is 9.78 Å². The Hall–Kier alpha value is -2.12. The van der Waals surface area contributed by atoms with Crippen molar-refractivity contribution in [3.05, 3.63) is 41.9 Å². The van der Waals surface area contributed by atoms with E-state index in [1.54, 1.807) is 6.07 Å². The highest BCUT2D eigenvalue weighted by Gasteiger charge is 2.18. The molecule has 0 radical (unpaired) electrons. The first-order valence-electron chi connectivity index (χ1n) is 8.23. The number of methoxy groups -OCH3 is 1. The van der Waals surface area contributed by atoms with Crippen molar-refractivity contribution in [3.8, 4) is 0 Å². The summed E-state index contributed by atoms with van der Waals surface area (Å²) in [6.45, 7) is 5.65. The smallest absolute Gasteiger partial charge is 0.373 e. The van der Waals surface area contributed by atoms with Gasteiger partial charge in [0.15, 0.2) is 0 Å². The second kappa shape index (κ2) is 7.63. The summed E-state index contributed by atoms with van der Waals surface area (Å²) in [5, 5.41) is 0. The molecule has 2 aromatic rings. The molecular weight excluding hydrogens is 308 g/mol. The number of carbonyl (C=O) groups is 1. The quantitative estimate of drug-likeness (QED) is 0.774. The van der Waals surface area contributed by atoms with Gasteiger partial charge in [-0.05, 0) is 31.6 Å². The van der Waals surface area contributed by atoms with Crippen molar-refractivity contribution in [2.24, 2.45) is 7.05 Å². The van der Waals surface area contributed by atoms with Gasteiger partial charge in [0.2, 0.25) is 5.76 Å². The summed E-state index contributed by atoms with van der Waals surface area (Å²) in [7, 11) is 3.39. The molecule has 7 heteroatoms. The van der Waals surface area contributed by atoms with E-state index in [0.717, 1.165) is 50.7 Å². The van der Waals surface area contributed by atoms with Crippen LogP contribution in [0.2, 0.25) is 0 Å². The molecule has 1 saturated heterocycles. The molecule has 1 fully saturated rings. The predicted molar refractivity (Wildman–Crippen MR) is 88.4 cm³/mol. The SMILES string of the molecule is COC(=O)c1ccc(CN2CCCN(Cc3nccn3C)CC2)o1. The number of esters is 1. The Morgan fingerprint density at radius 2 is 1.96 bits per heavy atom. The van der Waals surface area contributed by atoms with Crippen molar-refractivity contribution >= 4 is 5.97 Å². The number of hydrogen-bond acceptors (Lipinski definition) is 6. The Kier molecular flexibility index (Phi) is 5.32. The molecule has 0 aromatic carbocycles. The number of nitrogens with zero attached hydrogens (tertiary/aromatic N) is 4. The maximum atomic E-state index is 11.5. The van der Waals surface area contributed by atoms with Crippen molar-refractivity contribution in [2.75, 3.05) is 33.3 Å². The lowest BCUT2D eigenvalue weighted by Gasteiger charge is -2.20. The summed E-state index contributed by atoms with van der Waals surface area (Å²) in [5.41, 5.74) is 0. The third kappa shape index (κ3) is 4.04. The molecule has 3 heterocycles. The van der Waals surface area contributed by atoms with Gasteiger partial charge >= 0.3 is 5.97 Å². The zero-order valence-corrected chi connectivity index (χ0v) is 14.3. The van der Waals surface area contributed by atoms with E-state index in [0.29, 0.717) is 6.54 Å². The third-order valence-electron chi connectivity index (χ3n) is 4.39. The molecule has 1 aliphatic heterocycles. The van der Waals surface area contributed by atoms with Crippen molar-refractivity contribution in [1.29, 1.82) is 0 Å². The molecule has 0 aliphatic carbocycles. The van der Waals surface area contributed by atoms with Crippen LogP contribution in [0.5, 0.6) is 0 Å². The standard InChI is InChI=1S/C17H24N4O3/c1-19-9-6-18-16(19)13-21-8-3-7-20(10-11-21)12-14-4-5-15(24-14)17(22)23-2/h4-6,9H,3,7-8,10-13H2,1-2H3. The maximum absolute atomic E-state index is 11.5. The van der Waals surface area contributed by atoms with E-state index in [4.69, 9.17) is 4.42 Å². The lowest BCUT2D eigenvalue weighted by atomic mass is 10.3. The summed E-state index contributed by atoms with van der Waals surface area (Å²) < 4.78 is 12.3. The first-order valence-corrected chi connectivity index (χ1v) is 8.23. The van der Waals surface area contributed by atoms with Gasteiger partial charge in [0.25, 0.3) is 0 Å². The van der Waals surface area contributed by atoms with Crippen molar-refractivity contribution in [2.45, 2.75) is 19.5 Å². The second-order valence-corrected chi connectivity index (χ2v) is 6.12. The van der Waals surface area contributed by atoms with Crippen LogP contribution in [0.15, 0.2) is 28.9 Å². The molecule has 0 unspecified atom stereocenters. The van der Waals surface area contributed by atoms with Gasteiger partial charge < -0.3 is 13.7 Å². The van der Waals surface area contributed by atoms with Gasteiger partial charge in [0.1, 0.15) is 11.6 Å². The van der Waals surface area contributed by atoms with Gasteiger partial charge in [-0.2, -0.15) is 0 Å². The summed E-state index contributed by atoms with van der Waals surface area (Å²) >= 11 is 0. The average molecular weight is 332 g/mol. The highest BCUT2D eigenvalue weighted by molar-refractivity contribution is 5.86. The van der Waals surface area contributed by atoms with E-state index in [1.165, 1.54) is 7.11 Å². The molecule has 0 atom stereocenters. The second-order valence-electron chi connectivity index (χ2n) is 6.12. The van der Waals surface area contributed by atoms with Crippen molar-refractivity contribution in [1.82, 2.24) is 19.4 Å². The fourth-order valence-electron chi connectivity index (χ4n) is 2.98. The molecular formula is C17H24N4O3. The Labute approximate surface area is 141 Å². The third-order valence-corrected chi connectivity index (χ3v) is 4.39. The Balaban J connectivity index is 1.53. The molecule has 0 bridgehead atoms. The molecule has 0 amide bonds. The summed E-state index contributed by atoms with van der Waals surface area (Å²) in [6, 6.07) is 3.52. The highest BCUT2D eigenvalue weighted by Crippen LogP contribution is 2.14. The number of hydrogen-bond donors (Lipinski definition) is 0. The van der Waals surface area contributed by atoms with Crippen LogP contribution in [0, 0.1) is 0 Å². The van der Waals surface area contributed by atoms with Gasteiger partial charge in [-0.15, -0.1) is 0 Å². The number of ether oxygens (including phenoxy) is 1. The predicted octanol–water partition coefficient (Wildman–Crippen LogP) is 1.51. The number of aryl methyl sites for hydroxylation is 1. The lowest BCUT2D eigenvalue weighted by Crippen LogP contribution is -2.30. The number of furan rings is 1.